The fraction of sp³-hybridized carbons (Fsp3) is 0.0769. The summed E-state index contributed by atoms with van der Waals surface area (Å²) in [6, 6.07) is 15.7. The molecule has 16 heavy (non-hydrogen) atoms. The Hall–Kier alpha value is -2.03. The molecule has 2 aromatic carbocycles. The Kier molecular flexibility index (Phi) is 3.05. The van der Waals surface area contributed by atoms with Crippen LogP contribution in [0.15, 0.2) is 54.6 Å². The van der Waals surface area contributed by atoms with Crippen molar-refractivity contribution in [2.24, 2.45) is 0 Å². The van der Waals surface area contributed by atoms with Crippen LogP contribution in [0, 0.1) is 0 Å². The van der Waals surface area contributed by atoms with Gasteiger partial charge >= 0.3 is 0 Å². The van der Waals surface area contributed by atoms with E-state index in [-0.39, 0.29) is 0 Å². The van der Waals surface area contributed by atoms with Gasteiger partial charge in [0.1, 0.15) is 5.75 Å². The minimum Gasteiger partial charge on any atom is -0.497 e. The third-order valence-corrected chi connectivity index (χ3v) is 2.28. The summed E-state index contributed by atoms with van der Waals surface area (Å²) in [6.07, 6.45) is 0. The van der Waals surface area contributed by atoms with Crippen molar-refractivity contribution in [3.8, 4) is 5.75 Å². The molecule has 0 aliphatic rings. The molecule has 0 unspecified atom stereocenters. The SMILES string of the molecule is COc1ccc(N(F)c2ccccc2)cc1. The summed E-state index contributed by atoms with van der Waals surface area (Å²) in [5.74, 6) is 0.713. The number of hydrogen-bond donors (Lipinski definition) is 0. The molecule has 0 saturated carbocycles. The Morgan fingerprint density at radius 3 is 2.00 bits per heavy atom. The van der Waals surface area contributed by atoms with Gasteiger partial charge in [0, 0.05) is 0 Å². The molecule has 3 heteroatoms. The molecule has 0 N–H and O–H groups in total. The number of benzene rings is 2. The van der Waals surface area contributed by atoms with Crippen LogP contribution in [-0.4, -0.2) is 7.11 Å². The highest BCUT2D eigenvalue weighted by Crippen LogP contribution is 2.26. The first-order valence-corrected chi connectivity index (χ1v) is 4.96. The monoisotopic (exact) mass is 217 g/mol. The van der Waals surface area contributed by atoms with Crippen molar-refractivity contribution >= 4 is 11.4 Å². The second kappa shape index (κ2) is 4.66. The van der Waals surface area contributed by atoms with Crippen LogP contribution in [0.4, 0.5) is 15.9 Å². The highest BCUT2D eigenvalue weighted by molar-refractivity contribution is 5.60. The van der Waals surface area contributed by atoms with Crippen LogP contribution in [0.25, 0.3) is 0 Å². The van der Waals surface area contributed by atoms with E-state index in [2.05, 4.69) is 0 Å². The first kappa shape index (κ1) is 10.5. The van der Waals surface area contributed by atoms with Crippen LogP contribution in [0.3, 0.4) is 0 Å². The molecule has 0 fully saturated rings. The minimum absolute atomic E-state index is 0.479. The van der Waals surface area contributed by atoms with Crippen LogP contribution >= 0.6 is 0 Å². The van der Waals surface area contributed by atoms with Crippen molar-refractivity contribution in [2.75, 3.05) is 12.2 Å². The summed E-state index contributed by atoms with van der Waals surface area (Å²) in [4.78, 5) is 0. The van der Waals surface area contributed by atoms with Crippen molar-refractivity contribution in [3.63, 3.8) is 0 Å². The van der Waals surface area contributed by atoms with E-state index in [9.17, 15) is 4.48 Å². The predicted octanol–water partition coefficient (Wildman–Crippen LogP) is 3.72. The minimum atomic E-state index is 0.479. The van der Waals surface area contributed by atoms with Gasteiger partial charge in [-0.05, 0) is 36.4 Å². The highest BCUT2D eigenvalue weighted by atomic mass is 19.2. The van der Waals surface area contributed by atoms with Crippen LogP contribution in [0.2, 0.25) is 0 Å². The van der Waals surface area contributed by atoms with Gasteiger partial charge in [-0.25, -0.2) is 0 Å². The summed E-state index contributed by atoms with van der Waals surface area (Å²) in [5.41, 5.74) is 0.986. The summed E-state index contributed by atoms with van der Waals surface area (Å²) < 4.78 is 18.9. The molecular formula is C13H12FNO. The van der Waals surface area contributed by atoms with E-state index in [1.165, 1.54) is 0 Å². The zero-order valence-electron chi connectivity index (χ0n) is 8.93. The predicted molar refractivity (Wildman–Crippen MR) is 62.7 cm³/mol. The van der Waals surface area contributed by atoms with E-state index in [1.807, 2.05) is 6.07 Å². The van der Waals surface area contributed by atoms with Gasteiger partial charge in [-0.3, -0.25) is 0 Å². The van der Waals surface area contributed by atoms with Crippen LogP contribution in [-0.2, 0) is 0 Å². The van der Waals surface area contributed by atoms with Gasteiger partial charge in [0.15, 0.2) is 0 Å². The third kappa shape index (κ3) is 2.14. The molecule has 0 saturated heterocycles. The largest absolute Gasteiger partial charge is 0.497 e. The summed E-state index contributed by atoms with van der Waals surface area (Å²) >= 11 is 0. The van der Waals surface area contributed by atoms with E-state index in [1.54, 1.807) is 55.6 Å². The Morgan fingerprint density at radius 2 is 1.44 bits per heavy atom. The number of rotatable bonds is 3. The highest BCUT2D eigenvalue weighted by Gasteiger charge is 2.06. The average molecular weight is 217 g/mol. The second-order valence-corrected chi connectivity index (χ2v) is 3.31. The molecule has 2 rings (SSSR count). The number of hydrogen-bond acceptors (Lipinski definition) is 2. The summed E-state index contributed by atoms with van der Waals surface area (Å²) in [5, 5.41) is 0.638. The lowest BCUT2D eigenvalue weighted by Gasteiger charge is -2.13. The first-order chi connectivity index (χ1) is 7.81. The maximum Gasteiger partial charge on any atom is 0.119 e. The molecule has 0 aliphatic heterocycles. The quantitative estimate of drug-likeness (QED) is 0.726. The van der Waals surface area contributed by atoms with Gasteiger partial charge in [0.25, 0.3) is 0 Å². The van der Waals surface area contributed by atoms with Gasteiger partial charge in [-0.2, -0.15) is 5.12 Å². The molecule has 2 nitrogen and oxygen atoms in total. The van der Waals surface area contributed by atoms with Crippen LogP contribution < -0.4 is 9.86 Å². The van der Waals surface area contributed by atoms with E-state index >= 15 is 0 Å². The Balaban J connectivity index is 2.24. The van der Waals surface area contributed by atoms with Crippen molar-refractivity contribution in [2.45, 2.75) is 0 Å². The zero-order chi connectivity index (χ0) is 11.4. The number of methoxy groups -OCH3 is 1. The number of halogens is 1. The maximum atomic E-state index is 13.9. The Labute approximate surface area is 93.8 Å². The zero-order valence-corrected chi connectivity index (χ0v) is 8.93. The van der Waals surface area contributed by atoms with Gasteiger partial charge in [-0.1, -0.05) is 22.7 Å². The molecule has 82 valence electrons. The molecule has 0 heterocycles. The maximum absolute atomic E-state index is 13.9. The normalized spacial score (nSPS) is 9.88. The number of nitrogens with zero attached hydrogens (tertiary/aromatic N) is 1. The molecule has 2 aromatic rings. The first-order valence-electron chi connectivity index (χ1n) is 4.96. The Morgan fingerprint density at radius 1 is 0.875 bits per heavy atom. The molecular weight excluding hydrogens is 205 g/mol. The lowest BCUT2D eigenvalue weighted by atomic mass is 10.2. The number of anilines is 2. The molecule has 0 atom stereocenters. The fourth-order valence-electron chi connectivity index (χ4n) is 1.42. The van der Waals surface area contributed by atoms with Crippen molar-refractivity contribution < 1.29 is 9.22 Å². The molecule has 0 spiro atoms. The lowest BCUT2D eigenvalue weighted by Crippen LogP contribution is -2.02. The molecule has 0 aromatic heterocycles. The van der Waals surface area contributed by atoms with E-state index < -0.39 is 0 Å². The van der Waals surface area contributed by atoms with Gasteiger partial charge in [0.05, 0.1) is 18.5 Å². The fourth-order valence-corrected chi connectivity index (χ4v) is 1.42. The molecule has 0 radical (unpaired) electrons. The van der Waals surface area contributed by atoms with E-state index in [0.717, 1.165) is 0 Å². The van der Waals surface area contributed by atoms with Crippen LogP contribution in [0.1, 0.15) is 0 Å². The van der Waals surface area contributed by atoms with E-state index in [0.29, 0.717) is 22.2 Å². The second-order valence-electron chi connectivity index (χ2n) is 3.31. The number of ether oxygens (including phenoxy) is 1. The lowest BCUT2D eigenvalue weighted by molar-refractivity contribution is 0.414. The third-order valence-electron chi connectivity index (χ3n) is 2.28. The standard InChI is InChI=1S/C13H12FNO/c1-16-13-9-7-12(8-10-13)15(14)11-5-3-2-4-6-11/h2-10H,1H3. The average Bonchev–Trinajstić information content (AvgIpc) is 2.39. The topological polar surface area (TPSA) is 12.5 Å². The van der Waals surface area contributed by atoms with Gasteiger partial charge < -0.3 is 4.74 Å². The molecule has 0 bridgehead atoms. The molecule has 0 aliphatic carbocycles. The van der Waals surface area contributed by atoms with Crippen LogP contribution in [0.5, 0.6) is 5.75 Å². The van der Waals surface area contributed by atoms with Crippen molar-refractivity contribution in [3.05, 3.63) is 54.6 Å². The molecule has 0 amide bonds. The summed E-state index contributed by atoms with van der Waals surface area (Å²) in [6.45, 7) is 0. The Bertz CT molecular complexity index is 441. The van der Waals surface area contributed by atoms with Gasteiger partial charge in [0.2, 0.25) is 0 Å². The summed E-state index contributed by atoms with van der Waals surface area (Å²) in [7, 11) is 1.58. The van der Waals surface area contributed by atoms with Crippen molar-refractivity contribution in [1.82, 2.24) is 0 Å². The van der Waals surface area contributed by atoms with Crippen molar-refractivity contribution in [1.29, 1.82) is 0 Å². The number of para-hydroxylation sites is 1. The smallest absolute Gasteiger partial charge is 0.119 e. The van der Waals surface area contributed by atoms with Gasteiger partial charge in [-0.15, -0.1) is 0 Å². The van der Waals surface area contributed by atoms with E-state index in [4.69, 9.17) is 4.74 Å².